The molecule has 0 radical (unpaired) electrons. The molecular formula is C16H21N3O2. The van der Waals surface area contributed by atoms with Crippen LogP contribution in [-0.4, -0.2) is 23.9 Å². The molecule has 0 fully saturated rings. The first-order valence-electron chi connectivity index (χ1n) is 7.14. The van der Waals surface area contributed by atoms with Gasteiger partial charge >= 0.3 is 0 Å². The van der Waals surface area contributed by atoms with Gasteiger partial charge in [0.15, 0.2) is 11.5 Å². The molecule has 0 aliphatic rings. The minimum Gasteiger partial charge on any atom is -0.493 e. The van der Waals surface area contributed by atoms with Crippen molar-refractivity contribution >= 4 is 0 Å². The van der Waals surface area contributed by atoms with Crippen molar-refractivity contribution in [1.82, 2.24) is 15.5 Å². The largest absolute Gasteiger partial charge is 0.493 e. The Morgan fingerprint density at radius 3 is 2.52 bits per heavy atom. The van der Waals surface area contributed by atoms with Crippen molar-refractivity contribution in [1.29, 1.82) is 0 Å². The normalized spacial score (nSPS) is 10.4. The van der Waals surface area contributed by atoms with Crippen molar-refractivity contribution in [3.63, 3.8) is 0 Å². The van der Waals surface area contributed by atoms with E-state index in [4.69, 9.17) is 9.47 Å². The second kappa shape index (κ2) is 7.59. The van der Waals surface area contributed by atoms with Gasteiger partial charge in [-0.05, 0) is 36.7 Å². The van der Waals surface area contributed by atoms with Gasteiger partial charge in [-0.1, -0.05) is 19.9 Å². The molecule has 0 saturated heterocycles. The first-order chi connectivity index (χ1) is 10.3. The molecule has 1 aromatic carbocycles. The highest BCUT2D eigenvalue weighted by Crippen LogP contribution is 2.31. The molecule has 2 rings (SSSR count). The van der Waals surface area contributed by atoms with Crippen LogP contribution in [0.4, 0.5) is 0 Å². The van der Waals surface area contributed by atoms with Crippen LogP contribution in [0.5, 0.6) is 17.4 Å². The summed E-state index contributed by atoms with van der Waals surface area (Å²) in [6.45, 7) is 5.76. The topological polar surface area (TPSA) is 56.3 Å². The Morgan fingerprint density at radius 1 is 1.05 bits per heavy atom. The average molecular weight is 287 g/mol. The standard InChI is InChI=1S/C16H21N3O2/c1-4-12-6-8-14(15(10-12)20-3)21-16-9-7-13(18-19-16)11-17-5-2/h6-10,17H,4-5,11H2,1-3H3. The Bertz CT molecular complexity index is 570. The van der Waals surface area contributed by atoms with Crippen LogP contribution in [0.25, 0.3) is 0 Å². The van der Waals surface area contributed by atoms with E-state index in [0.717, 1.165) is 18.7 Å². The zero-order valence-electron chi connectivity index (χ0n) is 12.7. The zero-order chi connectivity index (χ0) is 15.1. The summed E-state index contributed by atoms with van der Waals surface area (Å²) in [4.78, 5) is 0. The third-order valence-electron chi connectivity index (χ3n) is 3.10. The van der Waals surface area contributed by atoms with Crippen molar-refractivity contribution in [3.05, 3.63) is 41.6 Å². The highest BCUT2D eigenvalue weighted by atomic mass is 16.5. The Balaban J connectivity index is 2.10. The predicted octanol–water partition coefficient (Wildman–Crippen LogP) is 2.95. The van der Waals surface area contributed by atoms with E-state index in [1.165, 1.54) is 5.56 Å². The number of ether oxygens (including phenoxy) is 2. The molecule has 21 heavy (non-hydrogen) atoms. The maximum Gasteiger partial charge on any atom is 0.239 e. The number of rotatable bonds is 7. The number of hydrogen-bond acceptors (Lipinski definition) is 5. The van der Waals surface area contributed by atoms with E-state index in [2.05, 4.69) is 29.4 Å². The second-order valence-electron chi connectivity index (χ2n) is 4.58. The van der Waals surface area contributed by atoms with E-state index in [0.29, 0.717) is 23.9 Å². The summed E-state index contributed by atoms with van der Waals surface area (Å²) in [6.07, 6.45) is 0.954. The van der Waals surface area contributed by atoms with E-state index in [1.807, 2.05) is 30.3 Å². The molecule has 5 nitrogen and oxygen atoms in total. The quantitative estimate of drug-likeness (QED) is 0.848. The highest BCUT2D eigenvalue weighted by molar-refractivity contribution is 5.44. The summed E-state index contributed by atoms with van der Waals surface area (Å²) < 4.78 is 11.1. The van der Waals surface area contributed by atoms with Crippen molar-refractivity contribution in [2.75, 3.05) is 13.7 Å². The maximum atomic E-state index is 5.74. The van der Waals surface area contributed by atoms with Gasteiger partial charge in [0.05, 0.1) is 12.8 Å². The first-order valence-corrected chi connectivity index (χ1v) is 7.14. The SMILES string of the molecule is CCNCc1ccc(Oc2ccc(CC)cc2OC)nn1. The molecule has 0 amide bonds. The van der Waals surface area contributed by atoms with Gasteiger partial charge in [0.1, 0.15) is 0 Å². The van der Waals surface area contributed by atoms with Crippen LogP contribution in [0.3, 0.4) is 0 Å². The molecule has 5 heteroatoms. The lowest BCUT2D eigenvalue weighted by Crippen LogP contribution is -2.13. The Kier molecular flexibility index (Phi) is 5.51. The molecule has 0 saturated carbocycles. The van der Waals surface area contributed by atoms with Gasteiger partial charge in [-0.3, -0.25) is 0 Å². The smallest absolute Gasteiger partial charge is 0.239 e. The van der Waals surface area contributed by atoms with Crippen molar-refractivity contribution in [2.24, 2.45) is 0 Å². The minimum atomic E-state index is 0.456. The molecule has 0 aliphatic heterocycles. The molecule has 112 valence electrons. The molecule has 0 bridgehead atoms. The van der Waals surface area contributed by atoms with E-state index in [1.54, 1.807) is 7.11 Å². The third kappa shape index (κ3) is 4.16. The Hall–Kier alpha value is -2.14. The number of aryl methyl sites for hydroxylation is 1. The van der Waals surface area contributed by atoms with Crippen LogP contribution in [0.1, 0.15) is 25.1 Å². The van der Waals surface area contributed by atoms with Gasteiger partial charge in [-0.25, -0.2) is 0 Å². The zero-order valence-corrected chi connectivity index (χ0v) is 12.7. The molecule has 1 aromatic heterocycles. The lowest BCUT2D eigenvalue weighted by molar-refractivity contribution is 0.371. The summed E-state index contributed by atoms with van der Waals surface area (Å²) in [6, 6.07) is 9.60. The van der Waals surface area contributed by atoms with Crippen LogP contribution >= 0.6 is 0 Å². The molecule has 0 unspecified atom stereocenters. The molecule has 2 aromatic rings. The van der Waals surface area contributed by atoms with Crippen LogP contribution in [-0.2, 0) is 13.0 Å². The molecule has 0 aliphatic carbocycles. The summed E-state index contributed by atoms with van der Waals surface area (Å²) >= 11 is 0. The first kappa shape index (κ1) is 15.3. The maximum absolute atomic E-state index is 5.74. The number of hydrogen-bond donors (Lipinski definition) is 1. The lowest BCUT2D eigenvalue weighted by atomic mass is 10.1. The van der Waals surface area contributed by atoms with Gasteiger partial charge in [0.2, 0.25) is 5.88 Å². The van der Waals surface area contributed by atoms with Gasteiger partial charge in [0.25, 0.3) is 0 Å². The lowest BCUT2D eigenvalue weighted by Gasteiger charge is -2.10. The number of methoxy groups -OCH3 is 1. The Morgan fingerprint density at radius 2 is 1.90 bits per heavy atom. The van der Waals surface area contributed by atoms with E-state index < -0.39 is 0 Å². The molecule has 1 heterocycles. The summed E-state index contributed by atoms with van der Waals surface area (Å²) in [7, 11) is 1.63. The molecule has 1 N–H and O–H groups in total. The second-order valence-corrected chi connectivity index (χ2v) is 4.58. The molecule has 0 atom stereocenters. The van der Waals surface area contributed by atoms with E-state index >= 15 is 0 Å². The van der Waals surface area contributed by atoms with Crippen LogP contribution in [0.15, 0.2) is 30.3 Å². The van der Waals surface area contributed by atoms with Crippen LogP contribution < -0.4 is 14.8 Å². The summed E-state index contributed by atoms with van der Waals surface area (Å²) in [5, 5.41) is 11.4. The van der Waals surface area contributed by atoms with Gasteiger partial charge in [-0.2, -0.15) is 5.10 Å². The fraction of sp³-hybridized carbons (Fsp3) is 0.375. The van der Waals surface area contributed by atoms with Crippen LogP contribution in [0, 0.1) is 0 Å². The minimum absolute atomic E-state index is 0.456. The highest BCUT2D eigenvalue weighted by Gasteiger charge is 2.08. The van der Waals surface area contributed by atoms with E-state index in [-0.39, 0.29) is 0 Å². The van der Waals surface area contributed by atoms with Crippen molar-refractivity contribution in [3.8, 4) is 17.4 Å². The van der Waals surface area contributed by atoms with E-state index in [9.17, 15) is 0 Å². The van der Waals surface area contributed by atoms with Gasteiger partial charge < -0.3 is 14.8 Å². The van der Waals surface area contributed by atoms with Crippen molar-refractivity contribution < 1.29 is 9.47 Å². The number of benzene rings is 1. The summed E-state index contributed by atoms with van der Waals surface area (Å²) in [5.74, 6) is 1.80. The van der Waals surface area contributed by atoms with Gasteiger partial charge in [0, 0.05) is 12.6 Å². The van der Waals surface area contributed by atoms with Crippen LogP contribution in [0.2, 0.25) is 0 Å². The Labute approximate surface area is 125 Å². The predicted molar refractivity (Wildman–Crippen MR) is 81.9 cm³/mol. The average Bonchev–Trinajstić information content (AvgIpc) is 2.54. The number of nitrogens with zero attached hydrogens (tertiary/aromatic N) is 2. The number of nitrogens with one attached hydrogen (secondary N) is 1. The third-order valence-corrected chi connectivity index (χ3v) is 3.10. The molecule has 0 spiro atoms. The van der Waals surface area contributed by atoms with Crippen molar-refractivity contribution in [2.45, 2.75) is 26.8 Å². The fourth-order valence-electron chi connectivity index (χ4n) is 1.88. The fourth-order valence-corrected chi connectivity index (χ4v) is 1.88. The number of aromatic nitrogens is 2. The van der Waals surface area contributed by atoms with Gasteiger partial charge in [-0.15, -0.1) is 5.10 Å². The summed E-state index contributed by atoms with van der Waals surface area (Å²) in [5.41, 5.74) is 2.09. The molecular weight excluding hydrogens is 266 g/mol. The monoisotopic (exact) mass is 287 g/mol.